The van der Waals surface area contributed by atoms with E-state index in [0.717, 1.165) is 28.5 Å². The van der Waals surface area contributed by atoms with Gasteiger partial charge in [-0.25, -0.2) is 9.97 Å². The third kappa shape index (κ3) is 3.71. The van der Waals surface area contributed by atoms with Crippen molar-refractivity contribution >= 4 is 27.4 Å². The monoisotopic (exact) mass is 304 g/mol. The van der Waals surface area contributed by atoms with Crippen LogP contribution in [-0.4, -0.2) is 41.0 Å². The number of aromatic nitrogens is 2. The van der Waals surface area contributed by atoms with Crippen molar-refractivity contribution in [3.05, 3.63) is 17.3 Å². The number of aryl methyl sites for hydroxylation is 1. The third-order valence-corrected chi connectivity index (χ3v) is 5.23. The molecule has 3 rings (SSSR count). The fourth-order valence-electron chi connectivity index (χ4n) is 2.91. The van der Waals surface area contributed by atoms with Gasteiger partial charge in [0.25, 0.3) is 0 Å². The maximum atomic E-state index is 4.39. The topological polar surface area (TPSA) is 41.0 Å². The van der Waals surface area contributed by atoms with E-state index in [2.05, 4.69) is 40.1 Å². The van der Waals surface area contributed by atoms with Crippen LogP contribution in [0.3, 0.4) is 0 Å². The average molecular weight is 304 g/mol. The van der Waals surface area contributed by atoms with Gasteiger partial charge in [0.05, 0.1) is 5.39 Å². The summed E-state index contributed by atoms with van der Waals surface area (Å²) in [5, 5.41) is 4.64. The van der Waals surface area contributed by atoms with Gasteiger partial charge in [-0.2, -0.15) is 0 Å². The van der Waals surface area contributed by atoms with Gasteiger partial charge in [0.1, 0.15) is 17.0 Å². The Balaban J connectivity index is 1.48. The molecule has 1 fully saturated rings. The molecular formula is C16H24N4S. The Labute approximate surface area is 130 Å². The number of nitrogens with zero attached hydrogens (tertiary/aromatic N) is 3. The number of rotatable bonds is 5. The van der Waals surface area contributed by atoms with Crippen LogP contribution in [0.4, 0.5) is 5.82 Å². The molecule has 0 saturated carbocycles. The van der Waals surface area contributed by atoms with Crippen LogP contribution >= 0.6 is 11.3 Å². The summed E-state index contributed by atoms with van der Waals surface area (Å²) in [5.41, 5.74) is 0. The zero-order chi connectivity index (χ0) is 14.7. The lowest BCUT2D eigenvalue weighted by molar-refractivity contribution is 0.192. The molecule has 1 N–H and O–H groups in total. The molecule has 0 unspecified atom stereocenters. The van der Waals surface area contributed by atoms with Gasteiger partial charge in [-0.3, -0.25) is 0 Å². The quantitative estimate of drug-likeness (QED) is 0.858. The van der Waals surface area contributed by atoms with Gasteiger partial charge >= 0.3 is 0 Å². The highest BCUT2D eigenvalue weighted by atomic mass is 32.1. The minimum Gasteiger partial charge on any atom is -0.369 e. The summed E-state index contributed by atoms with van der Waals surface area (Å²) >= 11 is 1.73. The zero-order valence-corrected chi connectivity index (χ0v) is 13.7. The maximum absolute atomic E-state index is 4.39. The van der Waals surface area contributed by atoms with Gasteiger partial charge in [0, 0.05) is 11.4 Å². The smallest absolute Gasteiger partial charge is 0.138 e. The fourth-order valence-corrected chi connectivity index (χ4v) is 3.76. The largest absolute Gasteiger partial charge is 0.369 e. The van der Waals surface area contributed by atoms with E-state index >= 15 is 0 Å². The second-order valence-electron chi connectivity index (χ2n) is 6.10. The summed E-state index contributed by atoms with van der Waals surface area (Å²) in [6, 6.07) is 2.17. The van der Waals surface area contributed by atoms with Crippen LogP contribution < -0.4 is 5.32 Å². The molecule has 0 amide bonds. The van der Waals surface area contributed by atoms with Crippen molar-refractivity contribution in [2.45, 2.75) is 33.1 Å². The standard InChI is InChI=1S/C16H24N4S/c1-12-4-8-20(9-5-12)7-3-6-17-15-14-10-13(2)21-16(14)19-11-18-15/h10-12H,3-9H2,1-2H3,(H,17,18,19). The summed E-state index contributed by atoms with van der Waals surface area (Å²) in [7, 11) is 0. The summed E-state index contributed by atoms with van der Waals surface area (Å²) < 4.78 is 0. The molecule has 2 aromatic heterocycles. The molecule has 0 atom stereocenters. The Bertz CT molecular complexity index is 587. The van der Waals surface area contributed by atoms with Crippen molar-refractivity contribution in [3.8, 4) is 0 Å². The van der Waals surface area contributed by atoms with Crippen molar-refractivity contribution in [2.75, 3.05) is 31.5 Å². The molecule has 1 saturated heterocycles. The van der Waals surface area contributed by atoms with Crippen molar-refractivity contribution < 1.29 is 0 Å². The van der Waals surface area contributed by atoms with E-state index in [1.54, 1.807) is 17.7 Å². The van der Waals surface area contributed by atoms with Gasteiger partial charge in [-0.15, -0.1) is 11.3 Å². The lowest BCUT2D eigenvalue weighted by Crippen LogP contribution is -2.34. The average Bonchev–Trinajstić information content (AvgIpc) is 2.86. The molecule has 0 bridgehead atoms. The van der Waals surface area contributed by atoms with E-state index in [4.69, 9.17) is 0 Å². The molecule has 21 heavy (non-hydrogen) atoms. The first-order valence-electron chi connectivity index (χ1n) is 7.90. The maximum Gasteiger partial charge on any atom is 0.138 e. The van der Waals surface area contributed by atoms with Gasteiger partial charge in [0.15, 0.2) is 0 Å². The van der Waals surface area contributed by atoms with Crippen LogP contribution in [-0.2, 0) is 0 Å². The molecule has 1 aliphatic rings. The molecule has 2 aromatic rings. The Morgan fingerprint density at radius 2 is 2.14 bits per heavy atom. The minimum absolute atomic E-state index is 0.913. The lowest BCUT2D eigenvalue weighted by atomic mass is 9.99. The molecule has 0 aromatic carbocycles. The molecule has 114 valence electrons. The molecule has 4 nitrogen and oxygen atoms in total. The number of hydrogen-bond donors (Lipinski definition) is 1. The van der Waals surface area contributed by atoms with Crippen LogP contribution in [0.25, 0.3) is 10.2 Å². The van der Waals surface area contributed by atoms with Gasteiger partial charge in [-0.1, -0.05) is 6.92 Å². The molecule has 0 spiro atoms. The molecule has 0 aliphatic carbocycles. The summed E-state index contributed by atoms with van der Waals surface area (Å²) in [4.78, 5) is 13.7. The van der Waals surface area contributed by atoms with Crippen LogP contribution in [0.1, 0.15) is 31.1 Å². The molecular weight excluding hydrogens is 280 g/mol. The van der Waals surface area contributed by atoms with Gasteiger partial charge < -0.3 is 10.2 Å². The van der Waals surface area contributed by atoms with Gasteiger partial charge in [0.2, 0.25) is 0 Å². The third-order valence-electron chi connectivity index (χ3n) is 4.27. The lowest BCUT2D eigenvalue weighted by Gasteiger charge is -2.30. The van der Waals surface area contributed by atoms with E-state index < -0.39 is 0 Å². The number of piperidine rings is 1. The Morgan fingerprint density at radius 1 is 1.33 bits per heavy atom. The van der Waals surface area contributed by atoms with E-state index in [9.17, 15) is 0 Å². The second kappa shape index (κ2) is 6.71. The number of likely N-dealkylation sites (tertiary alicyclic amines) is 1. The van der Waals surface area contributed by atoms with E-state index in [0.29, 0.717) is 0 Å². The first-order valence-corrected chi connectivity index (χ1v) is 8.71. The Kier molecular flexibility index (Phi) is 4.70. The molecule has 5 heteroatoms. The number of nitrogens with one attached hydrogen (secondary N) is 1. The Morgan fingerprint density at radius 3 is 2.95 bits per heavy atom. The van der Waals surface area contributed by atoms with E-state index in [1.807, 2.05) is 0 Å². The first-order chi connectivity index (χ1) is 10.2. The zero-order valence-electron chi connectivity index (χ0n) is 12.9. The number of thiophene rings is 1. The van der Waals surface area contributed by atoms with Gasteiger partial charge in [-0.05, 0) is 57.8 Å². The fraction of sp³-hybridized carbons (Fsp3) is 0.625. The highest BCUT2D eigenvalue weighted by molar-refractivity contribution is 7.18. The van der Waals surface area contributed by atoms with Crippen LogP contribution in [0, 0.1) is 12.8 Å². The SMILES string of the molecule is Cc1cc2c(NCCCN3CCC(C)CC3)ncnc2s1. The summed E-state index contributed by atoms with van der Waals surface area (Å²) in [5.74, 6) is 1.90. The highest BCUT2D eigenvalue weighted by Gasteiger charge is 2.14. The number of fused-ring (bicyclic) bond motifs is 1. The highest BCUT2D eigenvalue weighted by Crippen LogP contribution is 2.27. The van der Waals surface area contributed by atoms with E-state index in [1.165, 1.54) is 43.8 Å². The number of hydrogen-bond acceptors (Lipinski definition) is 5. The molecule has 3 heterocycles. The number of anilines is 1. The summed E-state index contributed by atoms with van der Waals surface area (Å²) in [6.45, 7) is 9.19. The normalized spacial score (nSPS) is 17.4. The predicted molar refractivity (Wildman–Crippen MR) is 90.1 cm³/mol. The molecule has 1 aliphatic heterocycles. The second-order valence-corrected chi connectivity index (χ2v) is 7.34. The van der Waals surface area contributed by atoms with Crippen molar-refractivity contribution in [2.24, 2.45) is 5.92 Å². The van der Waals surface area contributed by atoms with Crippen LogP contribution in [0.15, 0.2) is 12.4 Å². The molecule has 0 radical (unpaired) electrons. The minimum atomic E-state index is 0.913. The van der Waals surface area contributed by atoms with Crippen molar-refractivity contribution in [3.63, 3.8) is 0 Å². The predicted octanol–water partition coefficient (Wildman–Crippen LogP) is 3.53. The van der Waals surface area contributed by atoms with E-state index in [-0.39, 0.29) is 0 Å². The van der Waals surface area contributed by atoms with Crippen LogP contribution in [0.5, 0.6) is 0 Å². The van der Waals surface area contributed by atoms with Crippen LogP contribution in [0.2, 0.25) is 0 Å². The first kappa shape index (κ1) is 14.7. The van der Waals surface area contributed by atoms with Crippen molar-refractivity contribution in [1.29, 1.82) is 0 Å². The Hall–Kier alpha value is -1.20. The summed E-state index contributed by atoms with van der Waals surface area (Å²) in [6.07, 6.45) is 5.54. The van der Waals surface area contributed by atoms with Crippen molar-refractivity contribution in [1.82, 2.24) is 14.9 Å².